The van der Waals surface area contributed by atoms with E-state index in [2.05, 4.69) is 172 Å². The molecule has 428 valence electrons. The molecule has 1 N–H and O–H groups in total. The maximum Gasteiger partial charge on any atom is 0.306 e. The summed E-state index contributed by atoms with van der Waals surface area (Å²) in [5.74, 6) is -0.614. The maximum atomic E-state index is 12.3. The van der Waals surface area contributed by atoms with Gasteiger partial charge in [-0.1, -0.05) is 275 Å². The monoisotopic (exact) mass is 1050 g/mol. The molecule has 0 aromatic carbocycles. The van der Waals surface area contributed by atoms with Crippen molar-refractivity contribution in [3.63, 3.8) is 0 Å². The van der Waals surface area contributed by atoms with Gasteiger partial charge in [-0.15, -0.1) is 0 Å². The van der Waals surface area contributed by atoms with Crippen molar-refractivity contribution in [1.82, 2.24) is 0 Å². The number of unbranched alkanes of at least 4 members (excludes halogenated alkanes) is 21. The number of hydrogen-bond acceptors (Lipinski definition) is 5. The Balaban J connectivity index is 3.62. The number of aliphatic hydroxyl groups is 1. The van der Waals surface area contributed by atoms with Crippen LogP contribution in [0.2, 0.25) is 0 Å². The summed E-state index contributed by atoms with van der Waals surface area (Å²) in [6, 6.07) is 0. The molecule has 0 saturated heterocycles. The third-order valence-electron chi connectivity index (χ3n) is 12.8. The molecule has 1 atom stereocenters. The van der Waals surface area contributed by atoms with E-state index < -0.39 is 6.10 Å². The van der Waals surface area contributed by atoms with E-state index in [1.165, 1.54) is 109 Å². The van der Waals surface area contributed by atoms with Gasteiger partial charge in [-0.05, 0) is 128 Å². The Hall–Kier alpha value is -4.48. The van der Waals surface area contributed by atoms with Gasteiger partial charge in [-0.25, -0.2) is 0 Å². The van der Waals surface area contributed by atoms with Crippen LogP contribution >= 0.6 is 0 Å². The highest BCUT2D eigenvalue weighted by molar-refractivity contribution is 5.70. The fraction of sp³-hybridized carbons (Fsp3) is 0.606. The summed E-state index contributed by atoms with van der Waals surface area (Å²) >= 11 is 0. The van der Waals surface area contributed by atoms with Crippen LogP contribution in [0, 0.1) is 0 Å². The van der Waals surface area contributed by atoms with E-state index in [0.29, 0.717) is 12.8 Å². The number of ether oxygens (including phenoxy) is 2. The predicted molar refractivity (Wildman–Crippen MR) is 334 cm³/mol. The van der Waals surface area contributed by atoms with Crippen molar-refractivity contribution >= 4 is 11.9 Å². The van der Waals surface area contributed by atoms with Gasteiger partial charge in [-0.2, -0.15) is 0 Å². The van der Waals surface area contributed by atoms with Crippen molar-refractivity contribution in [2.75, 3.05) is 13.2 Å². The van der Waals surface area contributed by atoms with Gasteiger partial charge in [0.25, 0.3) is 0 Å². The lowest BCUT2D eigenvalue weighted by atomic mass is 10.1. The van der Waals surface area contributed by atoms with Gasteiger partial charge in [0.2, 0.25) is 0 Å². The summed E-state index contributed by atoms with van der Waals surface area (Å²) in [5.41, 5.74) is 0. The Labute approximate surface area is 469 Å². The van der Waals surface area contributed by atoms with Crippen molar-refractivity contribution in [3.05, 3.63) is 158 Å². The van der Waals surface area contributed by atoms with E-state index in [4.69, 9.17) is 9.47 Å². The molecule has 0 aromatic heterocycles. The quantitative estimate of drug-likeness (QED) is 0.0373. The molecule has 0 rings (SSSR count). The van der Waals surface area contributed by atoms with Crippen LogP contribution in [0.4, 0.5) is 0 Å². The zero-order valence-electron chi connectivity index (χ0n) is 49.0. The summed E-state index contributed by atoms with van der Waals surface area (Å²) in [4.78, 5) is 24.6. The maximum absolute atomic E-state index is 12.3. The molecular formula is C71H114O5. The number of allylic oxidation sites excluding steroid dienone is 26. The smallest absolute Gasteiger partial charge is 0.306 e. The summed E-state index contributed by atoms with van der Waals surface area (Å²) < 4.78 is 10.7. The third-order valence-corrected chi connectivity index (χ3v) is 12.8. The second kappa shape index (κ2) is 64.8. The Morgan fingerprint density at radius 2 is 0.566 bits per heavy atom. The van der Waals surface area contributed by atoms with Crippen LogP contribution < -0.4 is 0 Å². The first-order valence-corrected chi connectivity index (χ1v) is 31.0. The van der Waals surface area contributed by atoms with Gasteiger partial charge < -0.3 is 14.6 Å². The normalized spacial score (nSPS) is 13.4. The molecule has 0 spiro atoms. The van der Waals surface area contributed by atoms with Crippen molar-refractivity contribution in [2.24, 2.45) is 0 Å². The number of aliphatic hydroxyl groups excluding tert-OH is 1. The Morgan fingerprint density at radius 1 is 0.316 bits per heavy atom. The van der Waals surface area contributed by atoms with Crippen molar-refractivity contribution in [1.29, 1.82) is 0 Å². The van der Waals surface area contributed by atoms with Crippen molar-refractivity contribution < 1.29 is 24.2 Å². The second-order valence-corrected chi connectivity index (χ2v) is 20.0. The standard InChI is InChI=1S/C71H114O5/c1-3-5-7-9-11-13-15-17-19-21-23-25-26-27-28-29-30-31-32-33-34-35-36-37-38-39-40-41-42-43-44-46-48-50-52-54-56-58-60-62-64-66-71(74)76-69(67-72)68-75-70(73)65-63-61-59-57-55-53-51-49-47-45-24-22-20-18-16-14-12-10-8-6-4-2/h5,7,11,13,16-19,22-25,27-28,30-31,33-34,36-37,39-40,42-43,46,48,69,72H,3-4,6,8-10,12,14-15,20-21,26,29,32,35,38,41,44-45,47,49-68H2,1-2H3/b7-5-,13-11-,18-16-,19-17-,24-22-,25-23-,28-27-,31-30-,34-33-,37-36-,40-39-,43-42-,48-46-. The average Bonchev–Trinajstić information content (AvgIpc) is 3.42. The highest BCUT2D eigenvalue weighted by Gasteiger charge is 2.16. The molecule has 0 heterocycles. The van der Waals surface area contributed by atoms with Gasteiger partial charge in [0, 0.05) is 12.8 Å². The molecule has 5 heteroatoms. The van der Waals surface area contributed by atoms with Gasteiger partial charge in [0.1, 0.15) is 6.61 Å². The molecule has 0 radical (unpaired) electrons. The Kier molecular flexibility index (Phi) is 61.0. The molecule has 0 saturated carbocycles. The van der Waals surface area contributed by atoms with Crippen LogP contribution in [0.1, 0.15) is 258 Å². The van der Waals surface area contributed by atoms with Crippen molar-refractivity contribution in [3.8, 4) is 0 Å². The third kappa shape index (κ3) is 62.1. The van der Waals surface area contributed by atoms with Gasteiger partial charge in [-0.3, -0.25) is 9.59 Å². The Bertz CT molecular complexity index is 1660. The average molecular weight is 1050 g/mol. The van der Waals surface area contributed by atoms with E-state index in [0.717, 1.165) is 122 Å². The summed E-state index contributed by atoms with van der Waals surface area (Å²) in [6.45, 7) is 4.00. The SMILES string of the molecule is CC/C=C\C/C=C\C/C=C\C/C=C\C/C=C\C/C=C\C/C=C\C/C=C\C/C=C\C/C=C\C/C=C\CCCCCCCCCC(=O)OC(CO)COC(=O)CCCCCCCCCCC/C=C\C/C=C\CCCCCCC. The zero-order valence-corrected chi connectivity index (χ0v) is 49.0. The Morgan fingerprint density at radius 3 is 0.855 bits per heavy atom. The summed E-state index contributed by atoms with van der Waals surface area (Å²) in [7, 11) is 0. The van der Waals surface area contributed by atoms with Gasteiger partial charge >= 0.3 is 11.9 Å². The van der Waals surface area contributed by atoms with Crippen LogP contribution in [-0.4, -0.2) is 36.4 Å². The summed E-state index contributed by atoms with van der Waals surface area (Å²) in [5, 5.41) is 9.67. The zero-order chi connectivity index (χ0) is 54.8. The van der Waals surface area contributed by atoms with Crippen LogP contribution in [-0.2, 0) is 19.1 Å². The first-order valence-electron chi connectivity index (χ1n) is 31.0. The fourth-order valence-electron chi connectivity index (χ4n) is 8.18. The van der Waals surface area contributed by atoms with Crippen LogP contribution in [0.3, 0.4) is 0 Å². The van der Waals surface area contributed by atoms with E-state index in [-0.39, 0.29) is 25.2 Å². The fourth-order valence-corrected chi connectivity index (χ4v) is 8.18. The van der Waals surface area contributed by atoms with E-state index >= 15 is 0 Å². The number of carbonyl (C=O) groups excluding carboxylic acids is 2. The molecule has 0 aliphatic carbocycles. The van der Waals surface area contributed by atoms with E-state index in [1.807, 2.05) is 0 Å². The molecular weight excluding hydrogens is 933 g/mol. The minimum atomic E-state index is -0.792. The van der Waals surface area contributed by atoms with Crippen molar-refractivity contribution in [2.45, 2.75) is 264 Å². The van der Waals surface area contributed by atoms with Gasteiger partial charge in [0.05, 0.1) is 6.61 Å². The molecule has 0 bridgehead atoms. The largest absolute Gasteiger partial charge is 0.462 e. The molecule has 0 aliphatic rings. The number of rotatable bonds is 55. The first-order chi connectivity index (χ1) is 37.6. The van der Waals surface area contributed by atoms with Gasteiger partial charge in [0.15, 0.2) is 6.10 Å². The van der Waals surface area contributed by atoms with Crippen LogP contribution in [0.15, 0.2) is 158 Å². The minimum absolute atomic E-state index is 0.0809. The van der Waals surface area contributed by atoms with Crippen LogP contribution in [0.5, 0.6) is 0 Å². The molecule has 76 heavy (non-hydrogen) atoms. The molecule has 5 nitrogen and oxygen atoms in total. The molecule has 0 fully saturated rings. The van der Waals surface area contributed by atoms with E-state index in [9.17, 15) is 14.7 Å². The lowest BCUT2D eigenvalue weighted by Gasteiger charge is -2.15. The number of esters is 2. The molecule has 0 aromatic rings. The highest BCUT2D eigenvalue weighted by atomic mass is 16.6. The topological polar surface area (TPSA) is 72.8 Å². The lowest BCUT2D eigenvalue weighted by Crippen LogP contribution is -2.28. The molecule has 0 aliphatic heterocycles. The molecule has 1 unspecified atom stereocenters. The molecule has 0 amide bonds. The predicted octanol–water partition coefficient (Wildman–Crippen LogP) is 21.5. The first kappa shape index (κ1) is 71.5. The lowest BCUT2D eigenvalue weighted by molar-refractivity contribution is -0.161. The highest BCUT2D eigenvalue weighted by Crippen LogP contribution is 2.14. The number of carbonyl (C=O) groups is 2. The summed E-state index contributed by atoms with van der Waals surface area (Å²) in [6.07, 6.45) is 99.4. The van der Waals surface area contributed by atoms with Crippen LogP contribution in [0.25, 0.3) is 0 Å². The second-order valence-electron chi connectivity index (χ2n) is 20.0. The number of hydrogen-bond donors (Lipinski definition) is 1. The minimum Gasteiger partial charge on any atom is -0.462 e. The van der Waals surface area contributed by atoms with E-state index in [1.54, 1.807) is 0 Å².